The molecule has 4 rings (SSSR count). The summed E-state index contributed by atoms with van der Waals surface area (Å²) in [4.78, 5) is 65.7. The van der Waals surface area contributed by atoms with Crippen molar-refractivity contribution in [2.45, 2.75) is 88.3 Å². The number of primary amides is 1. The molecule has 11 nitrogen and oxygen atoms in total. The largest absolute Gasteiger partial charge is 0.416 e. The second-order valence-electron chi connectivity index (χ2n) is 13.4. The summed E-state index contributed by atoms with van der Waals surface area (Å²) in [5, 5.41) is 20.2. The van der Waals surface area contributed by atoms with Crippen molar-refractivity contribution >= 4 is 29.5 Å². The van der Waals surface area contributed by atoms with Crippen LogP contribution in [0.5, 0.6) is 0 Å². The van der Waals surface area contributed by atoms with Gasteiger partial charge < -0.3 is 32.1 Å². The molecule has 1 saturated carbocycles. The lowest BCUT2D eigenvalue weighted by molar-refractivity contribution is -0.213. The lowest BCUT2D eigenvalue weighted by Crippen LogP contribution is -2.68. The van der Waals surface area contributed by atoms with Gasteiger partial charge in [0.15, 0.2) is 6.10 Å². The van der Waals surface area contributed by atoms with Gasteiger partial charge in [-0.3, -0.25) is 24.0 Å². The van der Waals surface area contributed by atoms with Crippen LogP contribution in [0.15, 0.2) is 84.9 Å². The minimum Gasteiger partial charge on any atom is -0.382 e. The van der Waals surface area contributed by atoms with E-state index in [2.05, 4.69) is 21.3 Å². The summed E-state index contributed by atoms with van der Waals surface area (Å²) in [7, 11) is 0. The van der Waals surface area contributed by atoms with Crippen molar-refractivity contribution in [2.75, 3.05) is 0 Å². The summed E-state index contributed by atoms with van der Waals surface area (Å²) in [5.41, 5.74) is 6.32. The number of hydrogen-bond acceptors (Lipinski definition) is 6. The van der Waals surface area contributed by atoms with Crippen LogP contribution in [-0.2, 0) is 25.6 Å². The molecule has 0 aromatic heterocycles. The number of benzene rings is 3. The Morgan fingerprint density at radius 2 is 1.38 bits per heavy atom. The van der Waals surface area contributed by atoms with E-state index in [1.54, 1.807) is 68.4 Å². The molecule has 3 aromatic rings. The molecule has 278 valence electrons. The van der Waals surface area contributed by atoms with E-state index in [1.165, 1.54) is 0 Å². The van der Waals surface area contributed by atoms with E-state index in [-0.39, 0.29) is 19.3 Å². The van der Waals surface area contributed by atoms with Crippen LogP contribution in [0.1, 0.15) is 61.9 Å². The van der Waals surface area contributed by atoms with Crippen molar-refractivity contribution in [1.82, 2.24) is 21.3 Å². The Balaban J connectivity index is 1.51. The number of rotatable bonds is 16. The van der Waals surface area contributed by atoms with Gasteiger partial charge in [0.2, 0.25) is 23.6 Å². The molecule has 7 N–H and O–H groups in total. The van der Waals surface area contributed by atoms with Crippen molar-refractivity contribution in [3.8, 4) is 11.1 Å². The number of alkyl halides is 3. The molecule has 1 aliphatic rings. The first kappa shape index (κ1) is 39.5. The zero-order chi connectivity index (χ0) is 38.1. The number of carbonyl (C=O) groups excluding carboxylic acids is 5. The molecule has 0 spiro atoms. The van der Waals surface area contributed by atoms with Gasteiger partial charge in [0.05, 0.1) is 6.04 Å². The third-order valence-electron chi connectivity index (χ3n) is 9.14. The molecular weight excluding hydrogens is 679 g/mol. The lowest BCUT2D eigenvalue weighted by atomic mass is 9.75. The average molecular weight is 724 g/mol. The Bertz CT molecular complexity index is 1700. The number of aliphatic hydroxyl groups is 1. The molecular formula is C38H44F3N5O6. The Morgan fingerprint density at radius 3 is 1.90 bits per heavy atom. The van der Waals surface area contributed by atoms with Crippen molar-refractivity contribution in [3.05, 3.63) is 96.1 Å². The predicted octanol–water partition coefficient (Wildman–Crippen LogP) is 3.55. The number of aliphatic hydroxyl groups excluding tert-OH is 1. The standard InChI is InChI=1S/C38H44F3N5O6/c1-23(2)31(45-33(49)27-16-14-26(15-17-27)25-12-7-4-8-13-25)35(51)43-29(22-24-10-5-3-6-11-24)34(50)46-37(20-9-21-37)36(52)44-28(18-19-30(42)47)32(48)38(39,40)41/h3-8,10-17,23,28-29,31-32,48H,9,18-22H2,1-2H3,(H2,42,47)(H,43,51)(H,44,52)(H,45,49)(H,46,50). The first-order chi connectivity index (χ1) is 24.6. The minimum atomic E-state index is -5.11. The first-order valence-corrected chi connectivity index (χ1v) is 17.1. The molecule has 5 amide bonds. The van der Waals surface area contributed by atoms with E-state index in [9.17, 15) is 42.3 Å². The summed E-state index contributed by atoms with van der Waals surface area (Å²) in [6.45, 7) is 3.46. The molecule has 0 bridgehead atoms. The van der Waals surface area contributed by atoms with E-state index < -0.39 is 84.2 Å². The normalized spacial score (nSPS) is 16.0. The van der Waals surface area contributed by atoms with Crippen LogP contribution in [-0.4, -0.2) is 70.6 Å². The fourth-order valence-corrected chi connectivity index (χ4v) is 5.93. The van der Waals surface area contributed by atoms with E-state index in [0.29, 0.717) is 17.5 Å². The SMILES string of the molecule is CC(C)C(NC(=O)c1ccc(-c2ccccc2)cc1)C(=O)NC(Cc1ccccc1)C(=O)NC1(C(=O)NC(CCC(N)=O)C(O)C(F)(F)F)CCC1. The van der Waals surface area contributed by atoms with Gasteiger partial charge in [-0.05, 0) is 60.4 Å². The third kappa shape index (κ3) is 10.4. The molecule has 52 heavy (non-hydrogen) atoms. The summed E-state index contributed by atoms with van der Waals surface area (Å²) < 4.78 is 40.3. The number of halogens is 3. The van der Waals surface area contributed by atoms with Crippen molar-refractivity contribution < 1.29 is 42.3 Å². The molecule has 0 radical (unpaired) electrons. The highest BCUT2D eigenvalue weighted by Crippen LogP contribution is 2.33. The predicted molar refractivity (Wildman–Crippen MR) is 187 cm³/mol. The molecule has 0 aliphatic heterocycles. The highest BCUT2D eigenvalue weighted by molar-refractivity contribution is 5.99. The number of nitrogens with one attached hydrogen (secondary N) is 4. The average Bonchev–Trinajstić information content (AvgIpc) is 3.09. The van der Waals surface area contributed by atoms with Gasteiger partial charge >= 0.3 is 6.18 Å². The van der Waals surface area contributed by atoms with Crippen LogP contribution in [0, 0.1) is 5.92 Å². The van der Waals surface area contributed by atoms with E-state index in [4.69, 9.17) is 5.73 Å². The Morgan fingerprint density at radius 1 is 0.808 bits per heavy atom. The molecule has 0 heterocycles. The van der Waals surface area contributed by atoms with Gasteiger partial charge in [-0.1, -0.05) is 86.6 Å². The quantitative estimate of drug-likeness (QED) is 0.132. The fraction of sp³-hybridized carbons (Fsp3) is 0.395. The second kappa shape index (κ2) is 17.3. The summed E-state index contributed by atoms with van der Waals surface area (Å²) in [6, 6.07) is 21.0. The molecule has 1 aliphatic carbocycles. The zero-order valence-electron chi connectivity index (χ0n) is 28.9. The maximum absolute atomic E-state index is 13.9. The summed E-state index contributed by atoms with van der Waals surface area (Å²) >= 11 is 0. The minimum absolute atomic E-state index is 0.0101. The number of carbonyl (C=O) groups is 5. The van der Waals surface area contributed by atoms with Gasteiger partial charge in [0, 0.05) is 18.4 Å². The van der Waals surface area contributed by atoms with Crippen LogP contribution < -0.4 is 27.0 Å². The van der Waals surface area contributed by atoms with Gasteiger partial charge in [-0.25, -0.2) is 0 Å². The third-order valence-corrected chi connectivity index (χ3v) is 9.14. The summed E-state index contributed by atoms with van der Waals surface area (Å²) in [6.07, 6.45) is -8.60. The molecule has 4 atom stereocenters. The molecule has 1 fully saturated rings. The van der Waals surface area contributed by atoms with Gasteiger partial charge in [0.25, 0.3) is 5.91 Å². The molecule has 4 unspecified atom stereocenters. The van der Waals surface area contributed by atoms with Crippen LogP contribution in [0.4, 0.5) is 13.2 Å². The Kier molecular flexibility index (Phi) is 13.2. The van der Waals surface area contributed by atoms with Crippen molar-refractivity contribution in [2.24, 2.45) is 11.7 Å². The second-order valence-corrected chi connectivity index (χ2v) is 13.4. The summed E-state index contributed by atoms with van der Waals surface area (Å²) in [5.74, 6) is -4.24. The van der Waals surface area contributed by atoms with Gasteiger partial charge in [-0.2, -0.15) is 13.2 Å². The molecule has 0 saturated heterocycles. The first-order valence-electron chi connectivity index (χ1n) is 17.1. The number of nitrogens with two attached hydrogens (primary N) is 1. The lowest BCUT2D eigenvalue weighted by Gasteiger charge is -2.43. The van der Waals surface area contributed by atoms with E-state index in [1.807, 2.05) is 30.3 Å². The van der Waals surface area contributed by atoms with Crippen molar-refractivity contribution in [1.29, 1.82) is 0 Å². The van der Waals surface area contributed by atoms with Crippen LogP contribution in [0.25, 0.3) is 11.1 Å². The van der Waals surface area contributed by atoms with E-state index >= 15 is 0 Å². The van der Waals surface area contributed by atoms with Crippen LogP contribution >= 0.6 is 0 Å². The van der Waals surface area contributed by atoms with E-state index in [0.717, 1.165) is 11.1 Å². The maximum atomic E-state index is 13.9. The number of hydrogen-bond donors (Lipinski definition) is 6. The topological polar surface area (TPSA) is 180 Å². The molecule has 14 heteroatoms. The highest BCUT2D eigenvalue weighted by Gasteiger charge is 2.50. The molecule has 3 aromatic carbocycles. The number of amides is 5. The van der Waals surface area contributed by atoms with Gasteiger partial charge in [-0.15, -0.1) is 0 Å². The van der Waals surface area contributed by atoms with Crippen LogP contribution in [0.2, 0.25) is 0 Å². The van der Waals surface area contributed by atoms with Crippen molar-refractivity contribution in [3.63, 3.8) is 0 Å². The monoisotopic (exact) mass is 723 g/mol. The Hall–Kier alpha value is -5.24. The van der Waals surface area contributed by atoms with Gasteiger partial charge in [0.1, 0.15) is 17.6 Å². The maximum Gasteiger partial charge on any atom is 0.416 e. The van der Waals surface area contributed by atoms with Crippen LogP contribution in [0.3, 0.4) is 0 Å². The zero-order valence-corrected chi connectivity index (χ0v) is 28.9. The Labute approximate surface area is 299 Å². The smallest absolute Gasteiger partial charge is 0.382 e. The highest BCUT2D eigenvalue weighted by atomic mass is 19.4. The fourth-order valence-electron chi connectivity index (χ4n) is 5.93.